The summed E-state index contributed by atoms with van der Waals surface area (Å²) in [5.74, 6) is 1.47. The third kappa shape index (κ3) is 5.20. The zero-order valence-corrected chi connectivity index (χ0v) is 17.5. The number of nitrogens with zero attached hydrogens (tertiary/aromatic N) is 1. The molecule has 0 N–H and O–H groups in total. The molecule has 5 heteroatoms. The molecule has 3 aromatic carbocycles. The molecule has 0 unspecified atom stereocenters. The Hall–Kier alpha value is -3.86. The van der Waals surface area contributed by atoms with E-state index in [9.17, 15) is 4.79 Å². The predicted molar refractivity (Wildman–Crippen MR) is 120 cm³/mol. The van der Waals surface area contributed by atoms with Gasteiger partial charge in [-0.2, -0.15) is 0 Å². The maximum Gasteiger partial charge on any atom is 0.363 e. The van der Waals surface area contributed by atoms with E-state index < -0.39 is 5.97 Å². The van der Waals surface area contributed by atoms with Gasteiger partial charge in [0.2, 0.25) is 5.90 Å². The maximum absolute atomic E-state index is 12.1. The first kappa shape index (κ1) is 20.4. The minimum Gasteiger partial charge on any atom is -0.490 e. The van der Waals surface area contributed by atoms with E-state index in [4.69, 9.17) is 14.2 Å². The molecule has 0 amide bonds. The lowest BCUT2D eigenvalue weighted by Crippen LogP contribution is -2.09. The summed E-state index contributed by atoms with van der Waals surface area (Å²) < 4.78 is 16.8. The van der Waals surface area contributed by atoms with Crippen LogP contribution in [0, 0.1) is 13.8 Å². The molecule has 0 aliphatic carbocycles. The van der Waals surface area contributed by atoms with Crippen LogP contribution in [0.5, 0.6) is 11.5 Å². The van der Waals surface area contributed by atoms with E-state index in [0.29, 0.717) is 19.1 Å². The molecule has 4 rings (SSSR count). The Morgan fingerprint density at radius 3 is 2.39 bits per heavy atom. The summed E-state index contributed by atoms with van der Waals surface area (Å²) in [4.78, 5) is 16.4. The second kappa shape index (κ2) is 9.30. The van der Waals surface area contributed by atoms with E-state index in [0.717, 1.165) is 28.2 Å². The van der Waals surface area contributed by atoms with E-state index in [2.05, 4.69) is 18.0 Å². The number of benzene rings is 3. The van der Waals surface area contributed by atoms with Gasteiger partial charge < -0.3 is 14.2 Å². The van der Waals surface area contributed by atoms with Crippen molar-refractivity contribution in [2.24, 2.45) is 4.99 Å². The van der Waals surface area contributed by atoms with Crippen LogP contribution >= 0.6 is 0 Å². The van der Waals surface area contributed by atoms with Crippen molar-refractivity contribution in [1.82, 2.24) is 0 Å². The first-order valence-electron chi connectivity index (χ1n) is 10.1. The van der Waals surface area contributed by atoms with E-state index in [1.807, 2.05) is 73.7 Å². The Morgan fingerprint density at radius 1 is 0.903 bits per heavy atom. The van der Waals surface area contributed by atoms with Crippen molar-refractivity contribution in [3.8, 4) is 11.5 Å². The zero-order chi connectivity index (χ0) is 21.6. The van der Waals surface area contributed by atoms with Crippen LogP contribution in [0.2, 0.25) is 0 Å². The molecule has 1 aliphatic rings. The van der Waals surface area contributed by atoms with Gasteiger partial charge in [-0.05, 0) is 61.4 Å². The minimum absolute atomic E-state index is 0.273. The first-order chi connectivity index (χ1) is 15.1. The van der Waals surface area contributed by atoms with Crippen LogP contribution in [-0.4, -0.2) is 25.1 Å². The van der Waals surface area contributed by atoms with Gasteiger partial charge in [0.25, 0.3) is 0 Å². The molecule has 0 radical (unpaired) electrons. The molecule has 1 aliphatic heterocycles. The Balaban J connectivity index is 1.33. The van der Waals surface area contributed by atoms with Crippen molar-refractivity contribution in [2.45, 2.75) is 13.8 Å². The zero-order valence-electron chi connectivity index (χ0n) is 17.5. The molecule has 3 aromatic rings. The minimum atomic E-state index is -0.456. The van der Waals surface area contributed by atoms with E-state index in [-0.39, 0.29) is 5.70 Å². The summed E-state index contributed by atoms with van der Waals surface area (Å²) in [6, 6.07) is 22.9. The van der Waals surface area contributed by atoms with Crippen LogP contribution in [0.25, 0.3) is 6.08 Å². The normalized spacial score (nSPS) is 14.3. The molecule has 156 valence electrons. The Morgan fingerprint density at radius 2 is 1.65 bits per heavy atom. The summed E-state index contributed by atoms with van der Waals surface area (Å²) in [5, 5.41) is 0. The molecule has 31 heavy (non-hydrogen) atoms. The maximum atomic E-state index is 12.1. The Labute approximate surface area is 181 Å². The van der Waals surface area contributed by atoms with Gasteiger partial charge in [-0.3, -0.25) is 0 Å². The second-order valence-electron chi connectivity index (χ2n) is 7.24. The monoisotopic (exact) mass is 413 g/mol. The van der Waals surface area contributed by atoms with Crippen molar-refractivity contribution in [3.05, 3.63) is 101 Å². The lowest BCUT2D eigenvalue weighted by molar-refractivity contribution is -0.129. The number of carbonyl (C=O) groups is 1. The van der Waals surface area contributed by atoms with E-state index in [1.165, 1.54) is 5.56 Å². The van der Waals surface area contributed by atoms with Crippen LogP contribution in [0.1, 0.15) is 22.3 Å². The highest BCUT2D eigenvalue weighted by molar-refractivity contribution is 6.12. The van der Waals surface area contributed by atoms with Crippen molar-refractivity contribution in [1.29, 1.82) is 0 Å². The fraction of sp³-hybridized carbons (Fsp3) is 0.154. The number of hydrogen-bond acceptors (Lipinski definition) is 5. The van der Waals surface area contributed by atoms with Crippen molar-refractivity contribution >= 4 is 17.9 Å². The largest absolute Gasteiger partial charge is 0.490 e. The smallest absolute Gasteiger partial charge is 0.363 e. The van der Waals surface area contributed by atoms with Gasteiger partial charge >= 0.3 is 5.97 Å². The number of aryl methyl sites for hydroxylation is 2. The van der Waals surface area contributed by atoms with Gasteiger partial charge in [-0.25, -0.2) is 9.79 Å². The molecular weight excluding hydrogens is 390 g/mol. The van der Waals surface area contributed by atoms with Crippen LogP contribution in [0.3, 0.4) is 0 Å². The number of cyclic esters (lactones) is 1. The SMILES string of the molecule is Cc1ccc(OCCOc2ccc(/C=C3/N=C(c4ccccc4)OC3=O)cc2)c(C)c1. The summed E-state index contributed by atoms with van der Waals surface area (Å²) >= 11 is 0. The molecule has 0 atom stereocenters. The molecule has 0 saturated carbocycles. The topological polar surface area (TPSA) is 57.1 Å². The number of carbonyl (C=O) groups excluding carboxylic acids is 1. The number of ether oxygens (including phenoxy) is 3. The third-order valence-corrected chi connectivity index (χ3v) is 4.76. The molecule has 0 bridgehead atoms. The van der Waals surface area contributed by atoms with Crippen LogP contribution < -0.4 is 9.47 Å². The summed E-state index contributed by atoms with van der Waals surface area (Å²) in [7, 11) is 0. The fourth-order valence-corrected chi connectivity index (χ4v) is 3.20. The van der Waals surface area contributed by atoms with Crippen LogP contribution in [0.15, 0.2) is 83.5 Å². The fourth-order valence-electron chi connectivity index (χ4n) is 3.20. The van der Waals surface area contributed by atoms with Crippen LogP contribution in [-0.2, 0) is 9.53 Å². The number of aliphatic imine (C=N–C) groups is 1. The summed E-state index contributed by atoms with van der Waals surface area (Å²) in [5.41, 5.74) is 4.20. The van der Waals surface area contributed by atoms with Gasteiger partial charge in [-0.15, -0.1) is 0 Å². The van der Waals surface area contributed by atoms with Crippen LogP contribution in [0.4, 0.5) is 0 Å². The second-order valence-corrected chi connectivity index (χ2v) is 7.24. The quantitative estimate of drug-likeness (QED) is 0.307. The predicted octanol–water partition coefficient (Wildman–Crippen LogP) is 5.11. The first-order valence-corrected chi connectivity index (χ1v) is 10.1. The summed E-state index contributed by atoms with van der Waals surface area (Å²) in [6.45, 7) is 4.98. The van der Waals surface area contributed by atoms with Crippen molar-refractivity contribution < 1.29 is 19.0 Å². The summed E-state index contributed by atoms with van der Waals surface area (Å²) in [6.07, 6.45) is 1.70. The number of hydrogen-bond donors (Lipinski definition) is 0. The average Bonchev–Trinajstić information content (AvgIpc) is 3.14. The molecule has 1 heterocycles. The number of rotatable bonds is 7. The van der Waals surface area contributed by atoms with Gasteiger partial charge in [0.15, 0.2) is 5.70 Å². The van der Waals surface area contributed by atoms with Gasteiger partial charge in [-0.1, -0.05) is 48.0 Å². The standard InChI is InChI=1S/C26H23NO4/c1-18-8-13-24(19(2)16-18)30-15-14-29-22-11-9-20(10-12-22)17-23-26(28)31-25(27-23)21-6-4-3-5-7-21/h3-13,16-17H,14-15H2,1-2H3/b23-17+. The van der Waals surface area contributed by atoms with E-state index in [1.54, 1.807) is 6.08 Å². The van der Waals surface area contributed by atoms with Crippen molar-refractivity contribution in [2.75, 3.05) is 13.2 Å². The van der Waals surface area contributed by atoms with Gasteiger partial charge in [0.05, 0.1) is 0 Å². The Bertz CT molecular complexity index is 1130. The average molecular weight is 413 g/mol. The molecule has 0 spiro atoms. The highest BCUT2D eigenvalue weighted by Gasteiger charge is 2.23. The molecule has 0 aromatic heterocycles. The van der Waals surface area contributed by atoms with Gasteiger partial charge in [0, 0.05) is 5.56 Å². The third-order valence-electron chi connectivity index (χ3n) is 4.76. The van der Waals surface area contributed by atoms with E-state index >= 15 is 0 Å². The molecule has 5 nitrogen and oxygen atoms in total. The lowest BCUT2D eigenvalue weighted by atomic mass is 10.1. The van der Waals surface area contributed by atoms with Gasteiger partial charge in [0.1, 0.15) is 24.7 Å². The highest BCUT2D eigenvalue weighted by Crippen LogP contribution is 2.21. The van der Waals surface area contributed by atoms with Crippen molar-refractivity contribution in [3.63, 3.8) is 0 Å². The molecule has 0 saturated heterocycles. The lowest BCUT2D eigenvalue weighted by Gasteiger charge is -2.11. The molecular formula is C26H23NO4. The number of esters is 1. The highest BCUT2D eigenvalue weighted by atomic mass is 16.6. The Kier molecular flexibility index (Phi) is 6.13. The molecule has 0 fully saturated rings.